The maximum atomic E-state index is 2.51. The Labute approximate surface area is 323 Å². The predicted molar refractivity (Wildman–Crippen MR) is 238 cm³/mol. The minimum Gasteiger partial charge on any atom is -0.309 e. The number of fused-ring (bicyclic) bond motifs is 6. The van der Waals surface area contributed by atoms with Crippen molar-refractivity contribution in [2.45, 2.75) is 25.8 Å². The average molecular weight is 723 g/mol. The summed E-state index contributed by atoms with van der Waals surface area (Å²) < 4.78 is 4.94. The van der Waals surface area contributed by atoms with Crippen molar-refractivity contribution in [3.63, 3.8) is 0 Å². The van der Waals surface area contributed by atoms with Crippen LogP contribution in [0, 0.1) is 0 Å². The molecule has 2 nitrogen and oxygen atoms in total. The number of hydrogen-bond acceptors (Lipinski definition) is 0. The fraction of sp³-hybridized carbons (Fsp3) is 0.0769. The molecular weight excluding hydrogens is 681 g/mol. The molecule has 0 saturated carbocycles. The molecule has 0 N–H and O–H groups in total. The van der Waals surface area contributed by atoms with E-state index in [0.29, 0.717) is 0 Å². The first-order valence-electron chi connectivity index (χ1n) is 19.3. The molecule has 3 heteroatoms. The Hall–Kier alpha value is -6.42. The van der Waals surface area contributed by atoms with E-state index in [9.17, 15) is 0 Å². The highest BCUT2D eigenvalue weighted by Gasteiger charge is 2.50. The molecule has 0 saturated heterocycles. The molecule has 0 radical (unpaired) electrons. The minimum atomic E-state index is -2.66. The van der Waals surface area contributed by atoms with E-state index in [2.05, 4.69) is 230 Å². The number of rotatable bonds is 6. The highest BCUT2D eigenvalue weighted by molar-refractivity contribution is 7.14. The summed E-state index contributed by atoms with van der Waals surface area (Å²) in [5.41, 5.74) is 9.61. The Bertz CT molecular complexity index is 2950. The first kappa shape index (κ1) is 33.2. The molecule has 0 amide bonds. The Morgan fingerprint density at radius 2 is 0.836 bits per heavy atom. The van der Waals surface area contributed by atoms with Crippen molar-refractivity contribution in [2.75, 3.05) is 0 Å². The Morgan fingerprint density at radius 1 is 0.364 bits per heavy atom. The van der Waals surface area contributed by atoms with Crippen molar-refractivity contribution in [1.82, 2.24) is 9.13 Å². The van der Waals surface area contributed by atoms with Gasteiger partial charge in [-0.05, 0) is 74.2 Å². The van der Waals surface area contributed by atoms with Gasteiger partial charge in [-0.15, -0.1) is 0 Å². The van der Waals surface area contributed by atoms with E-state index in [1.807, 2.05) is 0 Å². The summed E-state index contributed by atoms with van der Waals surface area (Å²) in [5.74, 6) is 0. The standard InChI is InChI=1S/C52H42N2Si/c1-52(2,3)55(41-20-9-5-10-21-41,42-22-11-6-12-23-42)50-29-17-28-48-51(50)45-25-14-16-27-47(45)54(48)40-34-35-44-43-24-13-15-26-46(43)53(49(44)36-40)39-32-30-38(31-33-39)37-18-7-4-8-19-37/h4-36H,1-3H3. The lowest BCUT2D eigenvalue weighted by atomic mass is 10.1. The summed E-state index contributed by atoms with van der Waals surface area (Å²) in [5, 5.41) is 9.43. The van der Waals surface area contributed by atoms with Crippen molar-refractivity contribution < 1.29 is 0 Å². The molecular formula is C52H42N2Si. The Balaban J connectivity index is 1.25. The van der Waals surface area contributed by atoms with Crippen LogP contribution in [0.3, 0.4) is 0 Å². The lowest BCUT2D eigenvalue weighted by Gasteiger charge is -2.45. The van der Waals surface area contributed by atoms with Gasteiger partial charge in [0.2, 0.25) is 0 Å². The summed E-state index contributed by atoms with van der Waals surface area (Å²) >= 11 is 0. The third kappa shape index (κ3) is 5.07. The van der Waals surface area contributed by atoms with Gasteiger partial charge in [-0.3, -0.25) is 0 Å². The van der Waals surface area contributed by atoms with Crippen LogP contribution in [0.4, 0.5) is 0 Å². The average Bonchev–Trinajstić information content (AvgIpc) is 3.75. The van der Waals surface area contributed by atoms with Crippen LogP contribution in [0.2, 0.25) is 5.04 Å². The zero-order valence-corrected chi connectivity index (χ0v) is 32.4. The van der Waals surface area contributed by atoms with Crippen LogP contribution in [0.15, 0.2) is 200 Å². The lowest BCUT2D eigenvalue weighted by molar-refractivity contribution is 0.740. The van der Waals surface area contributed by atoms with Crippen LogP contribution in [-0.4, -0.2) is 17.2 Å². The van der Waals surface area contributed by atoms with Gasteiger partial charge in [-0.25, -0.2) is 0 Å². The van der Waals surface area contributed by atoms with Gasteiger partial charge in [-0.2, -0.15) is 0 Å². The number of benzene rings is 8. The molecule has 55 heavy (non-hydrogen) atoms. The topological polar surface area (TPSA) is 9.86 Å². The second kappa shape index (κ2) is 12.9. The van der Waals surface area contributed by atoms with Crippen LogP contribution in [0.25, 0.3) is 66.1 Å². The number of para-hydroxylation sites is 2. The van der Waals surface area contributed by atoms with Gasteiger partial charge >= 0.3 is 0 Å². The van der Waals surface area contributed by atoms with E-state index >= 15 is 0 Å². The molecule has 2 heterocycles. The Kier molecular flexibility index (Phi) is 7.76. The molecule has 264 valence electrons. The first-order chi connectivity index (χ1) is 26.9. The summed E-state index contributed by atoms with van der Waals surface area (Å²) in [7, 11) is -2.66. The minimum absolute atomic E-state index is 0.0386. The third-order valence-electron chi connectivity index (χ3n) is 11.8. The van der Waals surface area contributed by atoms with Crippen molar-refractivity contribution in [2.24, 2.45) is 0 Å². The van der Waals surface area contributed by atoms with E-state index in [1.54, 1.807) is 0 Å². The second-order valence-corrected chi connectivity index (χ2v) is 20.4. The van der Waals surface area contributed by atoms with Crippen molar-refractivity contribution in [3.05, 3.63) is 200 Å². The van der Waals surface area contributed by atoms with Gasteiger partial charge in [0.15, 0.2) is 8.07 Å². The molecule has 10 aromatic rings. The smallest absolute Gasteiger partial charge is 0.154 e. The second-order valence-electron chi connectivity index (χ2n) is 15.8. The third-order valence-corrected chi connectivity index (χ3v) is 17.7. The lowest BCUT2D eigenvalue weighted by Crippen LogP contribution is -2.72. The van der Waals surface area contributed by atoms with Gasteiger partial charge in [-0.1, -0.05) is 178 Å². The number of hydrogen-bond donors (Lipinski definition) is 0. The fourth-order valence-corrected chi connectivity index (χ4v) is 15.4. The fourth-order valence-electron chi connectivity index (χ4n) is 9.54. The van der Waals surface area contributed by atoms with Crippen LogP contribution in [-0.2, 0) is 0 Å². The largest absolute Gasteiger partial charge is 0.309 e. The van der Waals surface area contributed by atoms with Gasteiger partial charge in [0.1, 0.15) is 0 Å². The SMILES string of the molecule is CC(C)(C)[Si](c1ccccc1)(c1ccccc1)c1cccc2c1c1ccccc1n2-c1ccc2c3ccccc3n(-c3ccc(-c4ccccc4)cc3)c2c1. The Morgan fingerprint density at radius 3 is 1.47 bits per heavy atom. The monoisotopic (exact) mass is 722 g/mol. The zero-order valence-electron chi connectivity index (χ0n) is 31.4. The van der Waals surface area contributed by atoms with Crippen molar-refractivity contribution in [3.8, 4) is 22.5 Å². The maximum Gasteiger partial charge on any atom is 0.154 e. The molecule has 0 unspecified atom stereocenters. The van der Waals surface area contributed by atoms with Crippen molar-refractivity contribution >= 4 is 67.2 Å². The first-order valence-corrected chi connectivity index (χ1v) is 21.3. The molecule has 2 aromatic heterocycles. The molecule has 0 fully saturated rings. The van der Waals surface area contributed by atoms with Crippen molar-refractivity contribution in [1.29, 1.82) is 0 Å². The molecule has 0 bridgehead atoms. The summed E-state index contributed by atoms with van der Waals surface area (Å²) in [4.78, 5) is 0. The molecule has 0 aliphatic rings. The zero-order chi connectivity index (χ0) is 37.1. The summed E-state index contributed by atoms with van der Waals surface area (Å²) in [6.45, 7) is 7.36. The van der Waals surface area contributed by atoms with Crippen LogP contribution in [0.5, 0.6) is 0 Å². The molecule has 0 aliphatic heterocycles. The van der Waals surface area contributed by atoms with E-state index in [1.165, 1.54) is 70.3 Å². The molecule has 0 atom stereocenters. The van der Waals surface area contributed by atoms with E-state index in [0.717, 1.165) is 11.4 Å². The van der Waals surface area contributed by atoms with E-state index in [4.69, 9.17) is 0 Å². The van der Waals surface area contributed by atoms with Gasteiger partial charge in [0.25, 0.3) is 0 Å². The molecule has 0 aliphatic carbocycles. The van der Waals surface area contributed by atoms with Gasteiger partial charge in [0, 0.05) is 32.9 Å². The van der Waals surface area contributed by atoms with Gasteiger partial charge < -0.3 is 9.13 Å². The van der Waals surface area contributed by atoms with Crippen LogP contribution >= 0.6 is 0 Å². The highest BCUT2D eigenvalue weighted by Crippen LogP contribution is 2.41. The van der Waals surface area contributed by atoms with Crippen LogP contribution in [0.1, 0.15) is 20.8 Å². The molecule has 10 rings (SSSR count). The quantitative estimate of drug-likeness (QED) is 0.119. The summed E-state index contributed by atoms with van der Waals surface area (Å²) in [6, 6.07) is 74.3. The predicted octanol–water partition coefficient (Wildman–Crippen LogP) is 11.8. The number of nitrogens with zero attached hydrogens (tertiary/aromatic N) is 2. The highest BCUT2D eigenvalue weighted by atomic mass is 28.3. The van der Waals surface area contributed by atoms with Crippen LogP contribution < -0.4 is 15.6 Å². The summed E-state index contributed by atoms with van der Waals surface area (Å²) in [6.07, 6.45) is 0. The molecule has 8 aromatic carbocycles. The maximum absolute atomic E-state index is 2.66. The number of aromatic nitrogens is 2. The molecule has 0 spiro atoms. The normalized spacial score (nSPS) is 12.3. The van der Waals surface area contributed by atoms with E-state index in [-0.39, 0.29) is 5.04 Å². The van der Waals surface area contributed by atoms with E-state index < -0.39 is 8.07 Å². The van der Waals surface area contributed by atoms with Gasteiger partial charge in [0.05, 0.1) is 22.1 Å².